The van der Waals surface area contributed by atoms with Gasteiger partial charge in [-0.1, -0.05) is 42.6 Å². The van der Waals surface area contributed by atoms with E-state index in [4.69, 9.17) is 27.3 Å². The molecule has 0 amide bonds. The van der Waals surface area contributed by atoms with Crippen molar-refractivity contribution >= 4 is 30.4 Å². The standard InChI is InChI=1S/C16H22BNO3S/c1-15(2)16(3,4)21-17(20-15)12(10-19)9-11-7-5-6-8-13(11)14(18)22/h5-9,19H,10H2,1-4H3,(H2,18,22). The molecule has 0 radical (unpaired) electrons. The van der Waals surface area contributed by atoms with Crippen LogP contribution in [0.4, 0.5) is 0 Å². The molecule has 118 valence electrons. The van der Waals surface area contributed by atoms with Gasteiger partial charge >= 0.3 is 7.12 Å². The lowest BCUT2D eigenvalue weighted by molar-refractivity contribution is 0.00578. The van der Waals surface area contributed by atoms with E-state index < -0.39 is 18.3 Å². The van der Waals surface area contributed by atoms with Crippen LogP contribution in [0.1, 0.15) is 38.8 Å². The largest absolute Gasteiger partial charge is 0.492 e. The van der Waals surface area contributed by atoms with Gasteiger partial charge in [0.25, 0.3) is 0 Å². The molecule has 6 heteroatoms. The topological polar surface area (TPSA) is 64.7 Å². The SMILES string of the molecule is CC1(C)OB(C(=Cc2ccccc2C(N)=S)CO)OC1(C)C. The van der Waals surface area contributed by atoms with Gasteiger partial charge in [-0.05, 0) is 38.7 Å². The summed E-state index contributed by atoms with van der Waals surface area (Å²) in [5.41, 5.74) is 7.10. The summed E-state index contributed by atoms with van der Waals surface area (Å²) in [5.74, 6) is 0. The Morgan fingerprint density at radius 2 is 1.77 bits per heavy atom. The van der Waals surface area contributed by atoms with Crippen molar-refractivity contribution in [3.05, 3.63) is 40.9 Å². The van der Waals surface area contributed by atoms with Crippen LogP contribution in [0.25, 0.3) is 6.08 Å². The minimum absolute atomic E-state index is 0.164. The molecule has 2 rings (SSSR count). The molecular formula is C16H22BNO3S. The molecule has 1 aromatic rings. The maximum atomic E-state index is 9.73. The summed E-state index contributed by atoms with van der Waals surface area (Å²) in [6.07, 6.45) is 1.83. The predicted molar refractivity (Wildman–Crippen MR) is 93.5 cm³/mol. The Hall–Kier alpha value is -1.21. The lowest BCUT2D eigenvalue weighted by atomic mass is 9.77. The van der Waals surface area contributed by atoms with E-state index in [0.717, 1.165) is 11.1 Å². The second-order valence-electron chi connectivity index (χ2n) is 6.42. The molecular weight excluding hydrogens is 297 g/mol. The Morgan fingerprint density at radius 1 is 1.23 bits per heavy atom. The summed E-state index contributed by atoms with van der Waals surface area (Å²) >= 11 is 5.07. The molecule has 1 aliphatic rings. The predicted octanol–water partition coefficient (Wildman–Crippen LogP) is 2.33. The van der Waals surface area contributed by atoms with Crippen LogP contribution in [-0.4, -0.2) is 35.0 Å². The summed E-state index contributed by atoms with van der Waals surface area (Å²) in [4.78, 5) is 0.318. The van der Waals surface area contributed by atoms with Gasteiger partial charge in [-0.25, -0.2) is 0 Å². The molecule has 1 fully saturated rings. The van der Waals surface area contributed by atoms with Crippen LogP contribution in [0.3, 0.4) is 0 Å². The first kappa shape index (κ1) is 17.2. The van der Waals surface area contributed by atoms with Crippen LogP contribution in [-0.2, 0) is 9.31 Å². The number of benzene rings is 1. The fourth-order valence-electron chi connectivity index (χ4n) is 2.23. The highest BCUT2D eigenvalue weighted by atomic mass is 32.1. The van der Waals surface area contributed by atoms with Gasteiger partial charge in [0.1, 0.15) is 4.99 Å². The summed E-state index contributed by atoms with van der Waals surface area (Å²) in [6.45, 7) is 7.74. The van der Waals surface area contributed by atoms with Crippen molar-refractivity contribution in [2.24, 2.45) is 5.73 Å². The van der Waals surface area contributed by atoms with Crippen molar-refractivity contribution < 1.29 is 14.4 Å². The molecule has 1 saturated heterocycles. The molecule has 3 N–H and O–H groups in total. The monoisotopic (exact) mass is 319 g/mol. The lowest BCUT2D eigenvalue weighted by Gasteiger charge is -2.32. The second-order valence-corrected chi connectivity index (χ2v) is 6.86. The minimum Gasteiger partial charge on any atom is -0.400 e. The summed E-state index contributed by atoms with van der Waals surface area (Å²) in [6, 6.07) is 7.52. The summed E-state index contributed by atoms with van der Waals surface area (Å²) < 4.78 is 12.0. The van der Waals surface area contributed by atoms with Crippen molar-refractivity contribution in [1.29, 1.82) is 0 Å². The Bertz CT molecular complexity index is 597. The summed E-state index contributed by atoms with van der Waals surface area (Å²) in [5, 5.41) is 9.73. The highest BCUT2D eigenvalue weighted by Gasteiger charge is 2.52. The van der Waals surface area contributed by atoms with Gasteiger partial charge in [0.2, 0.25) is 0 Å². The van der Waals surface area contributed by atoms with Crippen molar-refractivity contribution in [2.75, 3.05) is 6.61 Å². The summed E-state index contributed by atoms with van der Waals surface area (Å²) in [7, 11) is -0.589. The van der Waals surface area contributed by atoms with E-state index in [1.54, 1.807) is 0 Å². The highest BCUT2D eigenvalue weighted by Crippen LogP contribution is 2.38. The average molecular weight is 319 g/mol. The number of aliphatic hydroxyl groups is 1. The van der Waals surface area contributed by atoms with Gasteiger partial charge in [0.15, 0.2) is 0 Å². The van der Waals surface area contributed by atoms with E-state index in [1.165, 1.54) is 0 Å². The zero-order valence-electron chi connectivity index (χ0n) is 13.4. The van der Waals surface area contributed by atoms with Crippen LogP contribution in [0, 0.1) is 0 Å². The Balaban J connectivity index is 2.36. The van der Waals surface area contributed by atoms with Crippen LogP contribution >= 0.6 is 12.2 Å². The number of aliphatic hydroxyl groups excluding tert-OH is 1. The third-order valence-corrected chi connectivity index (χ3v) is 4.53. The van der Waals surface area contributed by atoms with Gasteiger partial charge in [-0.2, -0.15) is 0 Å². The molecule has 0 bridgehead atoms. The Labute approximate surface area is 137 Å². The molecule has 0 saturated carbocycles. The number of hydrogen-bond acceptors (Lipinski definition) is 4. The first-order valence-corrected chi connectivity index (χ1v) is 7.64. The first-order valence-electron chi connectivity index (χ1n) is 7.24. The Morgan fingerprint density at radius 3 is 2.27 bits per heavy atom. The fourth-order valence-corrected chi connectivity index (χ4v) is 2.42. The average Bonchev–Trinajstić information content (AvgIpc) is 2.64. The first-order chi connectivity index (χ1) is 10.2. The van der Waals surface area contributed by atoms with Crippen molar-refractivity contribution in [3.63, 3.8) is 0 Å². The van der Waals surface area contributed by atoms with E-state index in [9.17, 15) is 5.11 Å². The molecule has 0 unspecified atom stereocenters. The van der Waals surface area contributed by atoms with Crippen molar-refractivity contribution in [3.8, 4) is 0 Å². The maximum absolute atomic E-state index is 9.73. The Kier molecular flexibility index (Phi) is 4.77. The van der Waals surface area contributed by atoms with Gasteiger partial charge in [-0.15, -0.1) is 0 Å². The number of nitrogens with two attached hydrogens (primary N) is 1. The maximum Gasteiger partial charge on any atom is 0.492 e. The molecule has 1 heterocycles. The van der Waals surface area contributed by atoms with E-state index >= 15 is 0 Å². The third-order valence-electron chi connectivity index (χ3n) is 4.31. The van der Waals surface area contributed by atoms with Gasteiger partial charge < -0.3 is 20.1 Å². The van der Waals surface area contributed by atoms with E-state index in [0.29, 0.717) is 10.5 Å². The van der Waals surface area contributed by atoms with Crippen molar-refractivity contribution in [2.45, 2.75) is 38.9 Å². The highest BCUT2D eigenvalue weighted by molar-refractivity contribution is 7.80. The number of thiocarbonyl (C=S) groups is 1. The molecule has 4 nitrogen and oxygen atoms in total. The molecule has 1 aromatic carbocycles. The molecule has 22 heavy (non-hydrogen) atoms. The minimum atomic E-state index is -0.589. The number of rotatable bonds is 4. The van der Waals surface area contributed by atoms with Crippen LogP contribution in [0.15, 0.2) is 29.7 Å². The zero-order chi connectivity index (χ0) is 16.5. The smallest absolute Gasteiger partial charge is 0.400 e. The lowest BCUT2D eigenvalue weighted by Crippen LogP contribution is -2.41. The quantitative estimate of drug-likeness (QED) is 0.659. The van der Waals surface area contributed by atoms with Gasteiger partial charge in [0.05, 0.1) is 17.8 Å². The van der Waals surface area contributed by atoms with Crippen molar-refractivity contribution in [1.82, 2.24) is 0 Å². The molecule has 0 aliphatic carbocycles. The molecule has 0 atom stereocenters. The number of hydrogen-bond donors (Lipinski definition) is 2. The normalized spacial score (nSPS) is 20.2. The molecule has 0 spiro atoms. The van der Waals surface area contributed by atoms with Crippen LogP contribution in [0.5, 0.6) is 0 Å². The molecule has 0 aromatic heterocycles. The van der Waals surface area contributed by atoms with E-state index in [1.807, 2.05) is 58.0 Å². The van der Waals surface area contributed by atoms with E-state index in [2.05, 4.69) is 0 Å². The molecule has 1 aliphatic heterocycles. The van der Waals surface area contributed by atoms with Crippen LogP contribution in [0.2, 0.25) is 0 Å². The third kappa shape index (κ3) is 3.25. The van der Waals surface area contributed by atoms with E-state index in [-0.39, 0.29) is 6.61 Å². The van der Waals surface area contributed by atoms with Crippen LogP contribution < -0.4 is 5.73 Å². The zero-order valence-corrected chi connectivity index (χ0v) is 14.2. The van der Waals surface area contributed by atoms with Gasteiger partial charge in [0, 0.05) is 5.56 Å². The second kappa shape index (κ2) is 6.12. The fraction of sp³-hybridized carbons (Fsp3) is 0.438. The van der Waals surface area contributed by atoms with Gasteiger partial charge in [-0.3, -0.25) is 0 Å².